The standard InChI is InChI=1S/C10H11Cl3O/c1-2-3-6-14-10-8(12)5-4-7(11)9(10)13/h4-5H,2-3,6H2,1H3. The molecule has 0 N–H and O–H groups in total. The third-order valence-electron chi connectivity index (χ3n) is 1.75. The number of benzene rings is 1. The molecule has 0 amide bonds. The molecule has 1 aromatic carbocycles. The van der Waals surface area contributed by atoms with Crippen molar-refractivity contribution < 1.29 is 4.74 Å². The van der Waals surface area contributed by atoms with Crippen molar-refractivity contribution in [3.63, 3.8) is 0 Å². The van der Waals surface area contributed by atoms with Gasteiger partial charge in [0.1, 0.15) is 5.02 Å². The Morgan fingerprint density at radius 1 is 1.14 bits per heavy atom. The van der Waals surface area contributed by atoms with Gasteiger partial charge in [-0.25, -0.2) is 0 Å². The molecule has 78 valence electrons. The first kappa shape index (κ1) is 12.0. The Bertz CT molecular complexity index is 312. The molecule has 0 fully saturated rings. The summed E-state index contributed by atoms with van der Waals surface area (Å²) in [7, 11) is 0. The molecule has 0 heterocycles. The van der Waals surface area contributed by atoms with Crippen LogP contribution in [0.1, 0.15) is 19.8 Å². The second kappa shape index (κ2) is 5.69. The minimum Gasteiger partial charge on any atom is -0.490 e. The number of hydrogen-bond donors (Lipinski definition) is 0. The zero-order valence-electron chi connectivity index (χ0n) is 7.82. The highest BCUT2D eigenvalue weighted by molar-refractivity contribution is 6.44. The van der Waals surface area contributed by atoms with Crippen LogP contribution in [-0.2, 0) is 0 Å². The lowest BCUT2D eigenvalue weighted by molar-refractivity contribution is 0.310. The Labute approximate surface area is 98.9 Å². The van der Waals surface area contributed by atoms with Crippen LogP contribution < -0.4 is 4.74 Å². The minimum absolute atomic E-state index is 0.385. The molecule has 14 heavy (non-hydrogen) atoms. The van der Waals surface area contributed by atoms with Crippen LogP contribution in [-0.4, -0.2) is 6.61 Å². The molecule has 0 saturated carbocycles. The fourth-order valence-electron chi connectivity index (χ4n) is 0.959. The minimum atomic E-state index is 0.385. The third-order valence-corrected chi connectivity index (χ3v) is 2.83. The molecule has 0 saturated heterocycles. The third kappa shape index (κ3) is 2.94. The van der Waals surface area contributed by atoms with Crippen LogP contribution in [0.15, 0.2) is 12.1 Å². The van der Waals surface area contributed by atoms with Crippen LogP contribution >= 0.6 is 34.8 Å². The number of halogens is 3. The van der Waals surface area contributed by atoms with E-state index in [1.165, 1.54) is 0 Å². The Kier molecular flexibility index (Phi) is 4.86. The zero-order chi connectivity index (χ0) is 10.6. The van der Waals surface area contributed by atoms with Gasteiger partial charge in [-0.2, -0.15) is 0 Å². The van der Waals surface area contributed by atoms with E-state index in [2.05, 4.69) is 6.92 Å². The van der Waals surface area contributed by atoms with Crippen LogP contribution in [0.5, 0.6) is 5.75 Å². The van der Waals surface area contributed by atoms with Crippen LogP contribution in [0.2, 0.25) is 15.1 Å². The largest absolute Gasteiger partial charge is 0.490 e. The number of unbranched alkanes of at least 4 members (excludes halogenated alkanes) is 1. The quantitative estimate of drug-likeness (QED) is 0.552. The van der Waals surface area contributed by atoms with Gasteiger partial charge in [0.15, 0.2) is 5.75 Å². The first-order valence-electron chi connectivity index (χ1n) is 4.43. The smallest absolute Gasteiger partial charge is 0.157 e. The van der Waals surface area contributed by atoms with E-state index in [0.29, 0.717) is 27.4 Å². The predicted octanol–water partition coefficient (Wildman–Crippen LogP) is 4.83. The highest BCUT2D eigenvalue weighted by Crippen LogP contribution is 2.37. The average molecular weight is 254 g/mol. The Hall–Kier alpha value is -0.110. The van der Waals surface area contributed by atoms with Gasteiger partial charge in [0.2, 0.25) is 0 Å². The zero-order valence-corrected chi connectivity index (χ0v) is 10.1. The average Bonchev–Trinajstić information content (AvgIpc) is 2.18. The van der Waals surface area contributed by atoms with E-state index in [1.807, 2.05) is 0 Å². The summed E-state index contributed by atoms with van der Waals surface area (Å²) in [4.78, 5) is 0. The normalized spacial score (nSPS) is 10.3. The van der Waals surface area contributed by atoms with Gasteiger partial charge < -0.3 is 4.74 Å². The van der Waals surface area contributed by atoms with Gasteiger partial charge in [-0.3, -0.25) is 0 Å². The van der Waals surface area contributed by atoms with E-state index < -0.39 is 0 Å². The van der Waals surface area contributed by atoms with E-state index in [9.17, 15) is 0 Å². The molecule has 0 atom stereocenters. The molecule has 0 aliphatic heterocycles. The van der Waals surface area contributed by atoms with Gasteiger partial charge in [0.05, 0.1) is 16.7 Å². The summed E-state index contributed by atoms with van der Waals surface area (Å²) in [6, 6.07) is 3.33. The van der Waals surface area contributed by atoms with E-state index >= 15 is 0 Å². The lowest BCUT2D eigenvalue weighted by atomic mass is 10.3. The second-order valence-corrected chi connectivity index (χ2v) is 4.07. The molecular weight excluding hydrogens is 242 g/mol. The molecule has 4 heteroatoms. The maximum absolute atomic E-state index is 5.94. The molecule has 0 bridgehead atoms. The Morgan fingerprint density at radius 3 is 2.43 bits per heavy atom. The molecule has 0 aliphatic rings. The van der Waals surface area contributed by atoms with Crippen LogP contribution in [0.4, 0.5) is 0 Å². The molecule has 1 rings (SSSR count). The van der Waals surface area contributed by atoms with Crippen molar-refractivity contribution in [2.24, 2.45) is 0 Å². The Morgan fingerprint density at radius 2 is 1.79 bits per heavy atom. The summed E-state index contributed by atoms with van der Waals surface area (Å²) in [5.74, 6) is 0.481. The molecule has 0 radical (unpaired) electrons. The van der Waals surface area contributed by atoms with Crippen molar-refractivity contribution in [1.82, 2.24) is 0 Å². The topological polar surface area (TPSA) is 9.23 Å². The fraction of sp³-hybridized carbons (Fsp3) is 0.400. The van der Waals surface area contributed by atoms with Crippen molar-refractivity contribution >= 4 is 34.8 Å². The maximum Gasteiger partial charge on any atom is 0.157 e. The number of rotatable bonds is 4. The van der Waals surface area contributed by atoms with E-state index in [4.69, 9.17) is 39.5 Å². The van der Waals surface area contributed by atoms with Gasteiger partial charge >= 0.3 is 0 Å². The summed E-state index contributed by atoms with van der Waals surface area (Å²) in [6.45, 7) is 2.70. The molecule has 1 nitrogen and oxygen atoms in total. The lowest BCUT2D eigenvalue weighted by Gasteiger charge is -2.09. The van der Waals surface area contributed by atoms with Gasteiger partial charge in [0.25, 0.3) is 0 Å². The van der Waals surface area contributed by atoms with Crippen molar-refractivity contribution in [3.05, 3.63) is 27.2 Å². The number of hydrogen-bond acceptors (Lipinski definition) is 1. The highest BCUT2D eigenvalue weighted by atomic mass is 35.5. The first-order valence-corrected chi connectivity index (χ1v) is 5.56. The highest BCUT2D eigenvalue weighted by Gasteiger charge is 2.10. The maximum atomic E-state index is 5.94. The van der Waals surface area contributed by atoms with Crippen LogP contribution in [0.25, 0.3) is 0 Å². The molecule has 0 spiro atoms. The van der Waals surface area contributed by atoms with Crippen molar-refractivity contribution in [2.45, 2.75) is 19.8 Å². The molecule has 0 aromatic heterocycles. The summed E-state index contributed by atoms with van der Waals surface area (Å²) in [5.41, 5.74) is 0. The number of ether oxygens (including phenoxy) is 1. The SMILES string of the molecule is CCCCOc1c(Cl)ccc(Cl)c1Cl. The molecule has 0 unspecified atom stereocenters. The van der Waals surface area contributed by atoms with Gasteiger partial charge in [0, 0.05) is 0 Å². The molecular formula is C10H11Cl3O. The predicted molar refractivity (Wildman–Crippen MR) is 61.9 cm³/mol. The van der Waals surface area contributed by atoms with Gasteiger partial charge in [-0.05, 0) is 18.6 Å². The second-order valence-electron chi connectivity index (χ2n) is 2.87. The van der Waals surface area contributed by atoms with Crippen LogP contribution in [0, 0.1) is 0 Å². The monoisotopic (exact) mass is 252 g/mol. The fourth-order valence-corrected chi connectivity index (χ4v) is 1.59. The van der Waals surface area contributed by atoms with Crippen LogP contribution in [0.3, 0.4) is 0 Å². The van der Waals surface area contributed by atoms with Gasteiger partial charge in [-0.15, -0.1) is 0 Å². The van der Waals surface area contributed by atoms with E-state index in [-0.39, 0.29) is 0 Å². The van der Waals surface area contributed by atoms with E-state index in [0.717, 1.165) is 12.8 Å². The summed E-state index contributed by atoms with van der Waals surface area (Å²) in [6.07, 6.45) is 2.04. The molecule has 0 aliphatic carbocycles. The summed E-state index contributed by atoms with van der Waals surface area (Å²) >= 11 is 17.7. The van der Waals surface area contributed by atoms with E-state index in [1.54, 1.807) is 12.1 Å². The lowest BCUT2D eigenvalue weighted by Crippen LogP contribution is -1.97. The van der Waals surface area contributed by atoms with Crippen molar-refractivity contribution in [1.29, 1.82) is 0 Å². The first-order chi connectivity index (χ1) is 6.66. The summed E-state index contributed by atoms with van der Waals surface area (Å²) < 4.78 is 5.44. The molecule has 1 aromatic rings. The van der Waals surface area contributed by atoms with Crippen molar-refractivity contribution in [3.8, 4) is 5.75 Å². The Balaban J connectivity index is 2.79. The van der Waals surface area contributed by atoms with Gasteiger partial charge in [-0.1, -0.05) is 48.1 Å². The summed E-state index contributed by atoms with van der Waals surface area (Å²) in [5, 5.41) is 1.34. The van der Waals surface area contributed by atoms with Crippen molar-refractivity contribution in [2.75, 3.05) is 6.61 Å².